The van der Waals surface area contributed by atoms with Gasteiger partial charge in [-0.15, -0.1) is 0 Å². The van der Waals surface area contributed by atoms with E-state index in [4.69, 9.17) is 9.73 Å². The summed E-state index contributed by atoms with van der Waals surface area (Å²) in [7, 11) is 3.98. The van der Waals surface area contributed by atoms with E-state index < -0.39 is 5.92 Å². The highest BCUT2D eigenvalue weighted by molar-refractivity contribution is 6.09. The van der Waals surface area contributed by atoms with Crippen LogP contribution in [-0.2, 0) is 20.9 Å². The molecular formula is C28H32N2O3. The van der Waals surface area contributed by atoms with Crippen LogP contribution >= 0.6 is 0 Å². The highest BCUT2D eigenvalue weighted by atomic mass is 16.5. The molecule has 2 aliphatic rings. The Morgan fingerprint density at radius 2 is 1.73 bits per heavy atom. The number of Topliss-reactive ketones (excluding diaryl/α,β-unsaturated/α-hetero) is 1. The summed E-state index contributed by atoms with van der Waals surface area (Å²) in [5, 5.41) is 0. The highest BCUT2D eigenvalue weighted by Gasteiger charge is 2.46. The average molecular weight is 445 g/mol. The molecule has 5 nitrogen and oxygen atoms in total. The van der Waals surface area contributed by atoms with Crippen LogP contribution in [0, 0.1) is 11.3 Å². The lowest BCUT2D eigenvalue weighted by Crippen LogP contribution is -2.39. The second-order valence-corrected chi connectivity index (χ2v) is 10.1. The SMILES string of the molecule is CC1=NC2=C(C(=O)CC(C)(C)C2)[C@@H](c2ccc(N(C)C)cc2)C1C(=O)OCc1ccccc1. The van der Waals surface area contributed by atoms with Gasteiger partial charge in [0.1, 0.15) is 12.5 Å². The van der Waals surface area contributed by atoms with Crippen LogP contribution in [0.15, 0.2) is 70.9 Å². The van der Waals surface area contributed by atoms with Crippen LogP contribution in [0.3, 0.4) is 0 Å². The summed E-state index contributed by atoms with van der Waals surface area (Å²) in [5.41, 5.74) is 5.00. The smallest absolute Gasteiger partial charge is 0.315 e. The quantitative estimate of drug-likeness (QED) is 0.586. The Balaban J connectivity index is 1.73. The number of allylic oxidation sites excluding steroid dienone is 2. The van der Waals surface area contributed by atoms with E-state index in [0.29, 0.717) is 17.7 Å². The molecule has 2 atom stereocenters. The fourth-order valence-electron chi connectivity index (χ4n) is 4.91. The fraction of sp³-hybridized carbons (Fsp3) is 0.393. The van der Waals surface area contributed by atoms with Gasteiger partial charge in [0.05, 0.1) is 0 Å². The van der Waals surface area contributed by atoms with Gasteiger partial charge in [-0.05, 0) is 42.0 Å². The number of anilines is 1. The summed E-state index contributed by atoms with van der Waals surface area (Å²) in [6.07, 6.45) is 1.18. The minimum absolute atomic E-state index is 0.0834. The third-order valence-corrected chi connectivity index (χ3v) is 6.55. The van der Waals surface area contributed by atoms with Crippen molar-refractivity contribution in [2.75, 3.05) is 19.0 Å². The maximum Gasteiger partial charge on any atom is 0.315 e. The first-order valence-electron chi connectivity index (χ1n) is 11.5. The summed E-state index contributed by atoms with van der Waals surface area (Å²) in [4.78, 5) is 33.6. The number of hydrogen-bond acceptors (Lipinski definition) is 5. The zero-order valence-electron chi connectivity index (χ0n) is 20.1. The molecule has 0 amide bonds. The van der Waals surface area contributed by atoms with Crippen molar-refractivity contribution >= 4 is 23.2 Å². The van der Waals surface area contributed by atoms with Crippen LogP contribution in [0.2, 0.25) is 0 Å². The standard InChI is InChI=1S/C28H32N2O3/c1-18-24(27(32)33-17-19-9-7-6-8-10-19)25(20-11-13-21(14-12-20)30(4)5)26-22(29-18)15-28(2,3)16-23(26)31/h6-14,24-25H,15-17H2,1-5H3/t24?,25-/m0/s1. The van der Waals surface area contributed by atoms with Gasteiger partial charge in [-0.3, -0.25) is 14.6 Å². The normalized spacial score (nSPS) is 21.8. The lowest BCUT2D eigenvalue weighted by molar-refractivity contribution is -0.148. The third kappa shape index (κ3) is 4.77. The second-order valence-electron chi connectivity index (χ2n) is 10.1. The van der Waals surface area contributed by atoms with Crippen LogP contribution in [0.5, 0.6) is 0 Å². The molecule has 1 aliphatic heterocycles. The molecular weight excluding hydrogens is 412 g/mol. The fourth-order valence-corrected chi connectivity index (χ4v) is 4.91. The van der Waals surface area contributed by atoms with Gasteiger partial charge in [0, 0.05) is 49.1 Å². The number of ether oxygens (including phenoxy) is 1. The number of carbonyl (C=O) groups excluding carboxylic acids is 2. The molecule has 0 spiro atoms. The van der Waals surface area contributed by atoms with Crippen molar-refractivity contribution < 1.29 is 14.3 Å². The molecule has 4 rings (SSSR count). The predicted molar refractivity (Wildman–Crippen MR) is 131 cm³/mol. The van der Waals surface area contributed by atoms with E-state index in [1.54, 1.807) is 0 Å². The van der Waals surface area contributed by atoms with E-state index in [-0.39, 0.29) is 29.7 Å². The van der Waals surface area contributed by atoms with Crippen molar-refractivity contribution in [1.82, 2.24) is 0 Å². The molecule has 0 radical (unpaired) electrons. The Morgan fingerprint density at radius 1 is 1.06 bits per heavy atom. The van der Waals surface area contributed by atoms with Crippen LogP contribution in [-0.4, -0.2) is 31.6 Å². The number of benzene rings is 2. The molecule has 2 aromatic carbocycles. The van der Waals surface area contributed by atoms with Gasteiger partial charge in [0.15, 0.2) is 5.78 Å². The van der Waals surface area contributed by atoms with Gasteiger partial charge < -0.3 is 9.64 Å². The molecule has 1 aliphatic carbocycles. The molecule has 0 aromatic heterocycles. The van der Waals surface area contributed by atoms with Crippen LogP contribution in [0.25, 0.3) is 0 Å². The molecule has 0 fully saturated rings. The molecule has 33 heavy (non-hydrogen) atoms. The Bertz CT molecular complexity index is 1110. The number of hydrogen-bond donors (Lipinski definition) is 0. The predicted octanol–water partition coefficient (Wildman–Crippen LogP) is 5.31. The van der Waals surface area contributed by atoms with Crippen LogP contribution in [0.1, 0.15) is 50.7 Å². The van der Waals surface area contributed by atoms with Gasteiger partial charge in [-0.25, -0.2) is 0 Å². The van der Waals surface area contributed by atoms with Gasteiger partial charge >= 0.3 is 5.97 Å². The molecule has 0 bridgehead atoms. The summed E-state index contributed by atoms with van der Waals surface area (Å²) in [6.45, 7) is 6.27. The molecule has 0 saturated heterocycles. The summed E-state index contributed by atoms with van der Waals surface area (Å²) < 4.78 is 5.75. The Labute approximate surface area is 196 Å². The molecule has 0 saturated carbocycles. The van der Waals surface area contributed by atoms with E-state index in [2.05, 4.69) is 13.8 Å². The summed E-state index contributed by atoms with van der Waals surface area (Å²) in [6, 6.07) is 17.7. The van der Waals surface area contributed by atoms with Crippen molar-refractivity contribution in [1.29, 1.82) is 0 Å². The maximum atomic E-state index is 13.4. The Hall–Kier alpha value is -3.21. The van der Waals surface area contributed by atoms with E-state index in [0.717, 1.165) is 28.9 Å². The molecule has 2 aromatic rings. The maximum absolute atomic E-state index is 13.4. The molecule has 1 unspecified atom stereocenters. The lowest BCUT2D eigenvalue weighted by Gasteiger charge is -2.39. The average Bonchev–Trinajstić information content (AvgIpc) is 2.76. The summed E-state index contributed by atoms with van der Waals surface area (Å²) in [5.74, 6) is -1.27. The topological polar surface area (TPSA) is 59.0 Å². The van der Waals surface area contributed by atoms with Gasteiger partial charge in [0.2, 0.25) is 0 Å². The zero-order chi connectivity index (χ0) is 23.8. The monoisotopic (exact) mass is 444 g/mol. The van der Waals surface area contributed by atoms with E-state index in [1.807, 2.05) is 80.5 Å². The van der Waals surface area contributed by atoms with E-state index >= 15 is 0 Å². The van der Waals surface area contributed by atoms with Crippen molar-refractivity contribution in [3.05, 3.63) is 77.0 Å². The third-order valence-electron chi connectivity index (χ3n) is 6.55. The Kier molecular flexibility index (Phi) is 6.24. The minimum Gasteiger partial charge on any atom is -0.460 e. The zero-order valence-corrected chi connectivity index (χ0v) is 20.1. The largest absolute Gasteiger partial charge is 0.460 e. The van der Waals surface area contributed by atoms with Crippen molar-refractivity contribution in [3.8, 4) is 0 Å². The second kappa shape index (κ2) is 8.97. The van der Waals surface area contributed by atoms with Crippen molar-refractivity contribution in [2.24, 2.45) is 16.3 Å². The Morgan fingerprint density at radius 3 is 2.36 bits per heavy atom. The van der Waals surface area contributed by atoms with Gasteiger partial charge in [-0.1, -0.05) is 56.3 Å². The molecule has 5 heteroatoms. The van der Waals surface area contributed by atoms with Crippen LogP contribution in [0.4, 0.5) is 5.69 Å². The van der Waals surface area contributed by atoms with Crippen molar-refractivity contribution in [2.45, 2.75) is 46.1 Å². The summed E-state index contributed by atoms with van der Waals surface area (Å²) >= 11 is 0. The number of carbonyl (C=O) groups is 2. The number of ketones is 1. The molecule has 1 heterocycles. The number of nitrogens with zero attached hydrogens (tertiary/aromatic N) is 2. The first kappa shape index (κ1) is 23.0. The van der Waals surface area contributed by atoms with Gasteiger partial charge in [0.25, 0.3) is 0 Å². The number of esters is 1. The highest BCUT2D eigenvalue weighted by Crippen LogP contribution is 2.48. The number of aliphatic imine (C=N–C) groups is 1. The lowest BCUT2D eigenvalue weighted by atomic mass is 9.67. The molecule has 0 N–H and O–H groups in total. The molecule has 172 valence electrons. The van der Waals surface area contributed by atoms with Crippen molar-refractivity contribution in [3.63, 3.8) is 0 Å². The van der Waals surface area contributed by atoms with E-state index in [9.17, 15) is 9.59 Å². The van der Waals surface area contributed by atoms with E-state index in [1.165, 1.54) is 0 Å². The van der Waals surface area contributed by atoms with Crippen LogP contribution < -0.4 is 4.90 Å². The van der Waals surface area contributed by atoms with Gasteiger partial charge in [-0.2, -0.15) is 0 Å². The first-order valence-corrected chi connectivity index (χ1v) is 11.5. The first-order chi connectivity index (χ1) is 15.7. The minimum atomic E-state index is -0.622. The number of rotatable bonds is 5.